The largest absolute Gasteiger partial charge is 0.481 e. The van der Waals surface area contributed by atoms with Gasteiger partial charge in [-0.05, 0) is 34.1 Å². The number of benzene rings is 1. The Kier molecular flexibility index (Phi) is 4.08. The molecule has 0 aliphatic heterocycles. The van der Waals surface area contributed by atoms with Gasteiger partial charge in [0.1, 0.15) is 10.8 Å². The molecule has 0 amide bonds. The molecule has 1 aromatic carbocycles. The van der Waals surface area contributed by atoms with Gasteiger partial charge >= 0.3 is 5.97 Å². The van der Waals surface area contributed by atoms with Crippen LogP contribution in [0.1, 0.15) is 12.1 Å². The summed E-state index contributed by atoms with van der Waals surface area (Å²) in [6.45, 7) is 0. The molecule has 94 valence electrons. The summed E-state index contributed by atoms with van der Waals surface area (Å²) < 4.78 is 13.6. The van der Waals surface area contributed by atoms with Crippen LogP contribution in [-0.4, -0.2) is 16.1 Å². The van der Waals surface area contributed by atoms with Crippen LogP contribution in [0, 0.1) is 5.82 Å². The zero-order valence-electron chi connectivity index (χ0n) is 9.19. The lowest BCUT2D eigenvalue weighted by Crippen LogP contribution is -1.97. The van der Waals surface area contributed by atoms with E-state index in [0.717, 1.165) is 16.3 Å². The van der Waals surface area contributed by atoms with Crippen molar-refractivity contribution in [3.8, 4) is 10.6 Å². The third kappa shape index (κ3) is 3.14. The molecule has 0 bridgehead atoms. The summed E-state index contributed by atoms with van der Waals surface area (Å²) in [7, 11) is 0. The molecular formula is C12H9BrFNO2S. The summed E-state index contributed by atoms with van der Waals surface area (Å²) in [5.41, 5.74) is 1.55. The van der Waals surface area contributed by atoms with Crippen molar-refractivity contribution in [1.29, 1.82) is 0 Å². The van der Waals surface area contributed by atoms with Gasteiger partial charge in [-0.1, -0.05) is 0 Å². The van der Waals surface area contributed by atoms with E-state index in [2.05, 4.69) is 20.9 Å². The van der Waals surface area contributed by atoms with Crippen molar-refractivity contribution in [3.05, 3.63) is 39.6 Å². The van der Waals surface area contributed by atoms with Crippen LogP contribution in [0.2, 0.25) is 0 Å². The van der Waals surface area contributed by atoms with E-state index in [-0.39, 0.29) is 12.2 Å². The van der Waals surface area contributed by atoms with Gasteiger partial charge in [0, 0.05) is 21.8 Å². The average molecular weight is 330 g/mol. The molecule has 2 rings (SSSR count). The Morgan fingerprint density at radius 3 is 2.94 bits per heavy atom. The Bertz CT molecular complexity index is 585. The molecule has 2 aromatic rings. The normalized spacial score (nSPS) is 10.6. The van der Waals surface area contributed by atoms with Crippen LogP contribution < -0.4 is 0 Å². The summed E-state index contributed by atoms with van der Waals surface area (Å²) >= 11 is 4.71. The van der Waals surface area contributed by atoms with Gasteiger partial charge in [-0.3, -0.25) is 4.79 Å². The number of hydrogen-bond acceptors (Lipinski definition) is 3. The van der Waals surface area contributed by atoms with E-state index >= 15 is 0 Å². The number of halogens is 2. The van der Waals surface area contributed by atoms with E-state index in [4.69, 9.17) is 5.11 Å². The number of carboxylic acid groups (broad SMARTS) is 1. The molecule has 0 aliphatic rings. The molecule has 0 saturated heterocycles. The summed E-state index contributed by atoms with van der Waals surface area (Å²) in [4.78, 5) is 14.8. The highest BCUT2D eigenvalue weighted by Crippen LogP contribution is 2.31. The van der Waals surface area contributed by atoms with Crippen molar-refractivity contribution in [3.63, 3.8) is 0 Å². The van der Waals surface area contributed by atoms with Gasteiger partial charge in [-0.2, -0.15) is 0 Å². The maximum absolute atomic E-state index is 13.0. The lowest BCUT2D eigenvalue weighted by Gasteiger charge is -2.00. The maximum atomic E-state index is 13.0. The number of aliphatic carboxylic acids is 1. The smallest absolute Gasteiger partial charge is 0.303 e. The fourth-order valence-electron chi connectivity index (χ4n) is 1.44. The molecule has 6 heteroatoms. The highest BCUT2D eigenvalue weighted by atomic mass is 79.9. The predicted molar refractivity (Wildman–Crippen MR) is 71.2 cm³/mol. The van der Waals surface area contributed by atoms with Crippen LogP contribution in [-0.2, 0) is 11.2 Å². The summed E-state index contributed by atoms with van der Waals surface area (Å²) in [5.74, 6) is -1.15. The standard InChI is InChI=1S/C12H9BrFNO2S/c13-10-5-7(14)1-3-9(10)12-15-8(6-18-12)2-4-11(16)17/h1,3,5-6H,2,4H2,(H,16,17). The van der Waals surface area contributed by atoms with Crippen molar-refractivity contribution in [2.75, 3.05) is 0 Å². The van der Waals surface area contributed by atoms with E-state index in [1.54, 1.807) is 6.07 Å². The first-order chi connectivity index (χ1) is 8.56. The second kappa shape index (κ2) is 5.58. The first kappa shape index (κ1) is 13.2. The van der Waals surface area contributed by atoms with E-state index in [9.17, 15) is 9.18 Å². The predicted octanol–water partition coefficient (Wildman–Crippen LogP) is 3.73. The molecule has 3 nitrogen and oxygen atoms in total. The Morgan fingerprint density at radius 2 is 2.28 bits per heavy atom. The van der Waals surface area contributed by atoms with Crippen molar-refractivity contribution in [2.24, 2.45) is 0 Å². The van der Waals surface area contributed by atoms with E-state index in [0.29, 0.717) is 10.9 Å². The van der Waals surface area contributed by atoms with Gasteiger partial charge in [-0.15, -0.1) is 11.3 Å². The van der Waals surface area contributed by atoms with Gasteiger partial charge in [0.2, 0.25) is 0 Å². The molecule has 0 saturated carbocycles. The fraction of sp³-hybridized carbons (Fsp3) is 0.167. The van der Waals surface area contributed by atoms with Crippen LogP contribution in [0.15, 0.2) is 28.1 Å². The van der Waals surface area contributed by atoms with Crippen LogP contribution in [0.3, 0.4) is 0 Å². The quantitative estimate of drug-likeness (QED) is 0.929. The maximum Gasteiger partial charge on any atom is 0.303 e. The molecule has 0 spiro atoms. The molecule has 1 aromatic heterocycles. The molecule has 1 heterocycles. The highest BCUT2D eigenvalue weighted by molar-refractivity contribution is 9.10. The zero-order chi connectivity index (χ0) is 13.1. The highest BCUT2D eigenvalue weighted by Gasteiger charge is 2.10. The molecule has 0 radical (unpaired) electrons. The summed E-state index contributed by atoms with van der Waals surface area (Å²) in [6.07, 6.45) is 0.471. The third-order valence-corrected chi connectivity index (χ3v) is 3.89. The number of rotatable bonds is 4. The van der Waals surface area contributed by atoms with Gasteiger partial charge in [0.15, 0.2) is 0 Å². The fourth-order valence-corrected chi connectivity index (χ4v) is 3.01. The molecule has 0 unspecified atom stereocenters. The molecule has 0 aliphatic carbocycles. The van der Waals surface area contributed by atoms with Crippen molar-refractivity contribution >= 4 is 33.2 Å². The summed E-state index contributed by atoms with van der Waals surface area (Å²) in [5, 5.41) is 11.2. The third-order valence-electron chi connectivity index (χ3n) is 2.31. The Morgan fingerprint density at radius 1 is 1.50 bits per heavy atom. The first-order valence-corrected chi connectivity index (χ1v) is 6.85. The van der Waals surface area contributed by atoms with Crippen LogP contribution in [0.25, 0.3) is 10.6 Å². The minimum atomic E-state index is -0.840. The van der Waals surface area contributed by atoms with Gasteiger partial charge in [0.25, 0.3) is 0 Å². The van der Waals surface area contributed by atoms with Gasteiger partial charge < -0.3 is 5.11 Å². The Balaban J connectivity index is 2.21. The van der Waals surface area contributed by atoms with Crippen LogP contribution in [0.4, 0.5) is 4.39 Å². The number of nitrogens with zero attached hydrogens (tertiary/aromatic N) is 1. The second-order valence-electron chi connectivity index (χ2n) is 3.66. The topological polar surface area (TPSA) is 50.2 Å². The van der Waals surface area contributed by atoms with E-state index in [1.165, 1.54) is 23.5 Å². The Hall–Kier alpha value is -1.27. The van der Waals surface area contributed by atoms with Crippen LogP contribution >= 0.6 is 27.3 Å². The van der Waals surface area contributed by atoms with E-state index in [1.807, 2.05) is 5.38 Å². The van der Waals surface area contributed by atoms with Crippen molar-refractivity contribution in [1.82, 2.24) is 4.98 Å². The number of aromatic nitrogens is 1. The second-order valence-corrected chi connectivity index (χ2v) is 5.37. The molecule has 1 N–H and O–H groups in total. The van der Waals surface area contributed by atoms with Crippen LogP contribution in [0.5, 0.6) is 0 Å². The number of hydrogen-bond donors (Lipinski definition) is 1. The lowest BCUT2D eigenvalue weighted by atomic mass is 10.2. The number of carbonyl (C=O) groups is 1. The molecular weight excluding hydrogens is 321 g/mol. The zero-order valence-corrected chi connectivity index (χ0v) is 11.6. The average Bonchev–Trinajstić information content (AvgIpc) is 2.75. The minimum absolute atomic E-state index is 0.0633. The lowest BCUT2D eigenvalue weighted by molar-refractivity contribution is -0.136. The SMILES string of the molecule is O=C(O)CCc1csc(-c2ccc(F)cc2Br)n1. The number of aryl methyl sites for hydroxylation is 1. The summed E-state index contributed by atoms with van der Waals surface area (Å²) in [6, 6.07) is 4.41. The monoisotopic (exact) mass is 329 g/mol. The van der Waals surface area contributed by atoms with Gasteiger partial charge in [-0.25, -0.2) is 9.37 Å². The van der Waals surface area contributed by atoms with Crippen molar-refractivity contribution < 1.29 is 14.3 Å². The minimum Gasteiger partial charge on any atom is -0.481 e. The number of carboxylic acids is 1. The first-order valence-electron chi connectivity index (χ1n) is 5.18. The number of thiazole rings is 1. The molecule has 0 fully saturated rings. The van der Waals surface area contributed by atoms with Crippen molar-refractivity contribution in [2.45, 2.75) is 12.8 Å². The van der Waals surface area contributed by atoms with Gasteiger partial charge in [0.05, 0.1) is 12.1 Å². The molecule has 18 heavy (non-hydrogen) atoms. The van der Waals surface area contributed by atoms with E-state index < -0.39 is 5.97 Å². The molecule has 0 atom stereocenters. The Labute approximate surface area is 115 Å².